The number of hydrogen-bond donors (Lipinski definition) is 2. The Bertz CT molecular complexity index is 912. The second-order valence-electron chi connectivity index (χ2n) is 5.26. The summed E-state index contributed by atoms with van der Waals surface area (Å²) in [5.74, 6) is -0.718. The van der Waals surface area contributed by atoms with E-state index in [0.717, 1.165) is 5.56 Å². The number of ether oxygens (including phenoxy) is 1. The molecule has 0 unspecified atom stereocenters. The van der Waals surface area contributed by atoms with E-state index in [4.69, 9.17) is 4.74 Å². The average Bonchev–Trinajstić information content (AvgIpc) is 3.11. The molecule has 0 aliphatic carbocycles. The highest BCUT2D eigenvalue weighted by molar-refractivity contribution is 7.18. The minimum Gasteiger partial charge on any atom is -0.375 e. The fourth-order valence-corrected chi connectivity index (χ4v) is 2.99. The summed E-state index contributed by atoms with van der Waals surface area (Å²) in [6, 6.07) is 16.3. The number of benzene rings is 2. The van der Waals surface area contributed by atoms with Gasteiger partial charge >= 0.3 is 0 Å². The molecule has 1 heterocycles. The predicted octanol–water partition coefficient (Wildman–Crippen LogP) is 3.04. The van der Waals surface area contributed by atoms with Gasteiger partial charge in [-0.15, -0.1) is 10.2 Å². The first-order chi connectivity index (χ1) is 12.7. The Kier molecular flexibility index (Phi) is 5.67. The number of methoxy groups -OCH3 is 1. The molecular weight excluding hydrogens is 352 g/mol. The summed E-state index contributed by atoms with van der Waals surface area (Å²) in [7, 11) is 1.43. The molecule has 3 rings (SSSR count). The van der Waals surface area contributed by atoms with Gasteiger partial charge in [-0.05, 0) is 12.1 Å². The summed E-state index contributed by atoms with van der Waals surface area (Å²) in [4.78, 5) is 24.3. The zero-order valence-corrected chi connectivity index (χ0v) is 14.7. The molecule has 3 aromatic rings. The lowest BCUT2D eigenvalue weighted by atomic mass is 10.1. The smallest absolute Gasteiger partial charge is 0.259 e. The summed E-state index contributed by atoms with van der Waals surface area (Å²) >= 11 is 1.28. The zero-order valence-electron chi connectivity index (χ0n) is 13.9. The van der Waals surface area contributed by atoms with E-state index >= 15 is 0 Å². The van der Waals surface area contributed by atoms with Crippen LogP contribution in [0.1, 0.15) is 10.4 Å². The number of carbonyl (C=O) groups is 2. The Morgan fingerprint density at radius 2 is 1.73 bits per heavy atom. The maximum atomic E-state index is 12.6. The third-order valence-electron chi connectivity index (χ3n) is 3.39. The van der Waals surface area contributed by atoms with Crippen LogP contribution >= 0.6 is 11.3 Å². The molecule has 2 amide bonds. The van der Waals surface area contributed by atoms with Crippen LogP contribution in [0, 0.1) is 0 Å². The lowest BCUT2D eigenvalue weighted by Gasteiger charge is -2.09. The molecule has 0 aliphatic rings. The number of amides is 2. The third-order valence-corrected chi connectivity index (χ3v) is 4.28. The monoisotopic (exact) mass is 368 g/mol. The molecule has 0 spiro atoms. The molecule has 0 saturated carbocycles. The molecule has 0 aliphatic heterocycles. The van der Waals surface area contributed by atoms with Crippen molar-refractivity contribution in [3.63, 3.8) is 0 Å². The van der Waals surface area contributed by atoms with E-state index in [1.165, 1.54) is 18.4 Å². The Labute approximate surface area is 154 Å². The van der Waals surface area contributed by atoms with Crippen molar-refractivity contribution in [1.29, 1.82) is 0 Å². The number of carbonyl (C=O) groups excluding carboxylic acids is 2. The van der Waals surface area contributed by atoms with Gasteiger partial charge in [-0.25, -0.2) is 0 Å². The maximum absolute atomic E-state index is 12.6. The molecule has 2 N–H and O–H groups in total. The summed E-state index contributed by atoms with van der Waals surface area (Å²) in [6.45, 7) is -0.0905. The largest absolute Gasteiger partial charge is 0.375 e. The van der Waals surface area contributed by atoms with Crippen molar-refractivity contribution < 1.29 is 14.3 Å². The van der Waals surface area contributed by atoms with Gasteiger partial charge in [0.15, 0.2) is 0 Å². The van der Waals surface area contributed by atoms with E-state index < -0.39 is 0 Å². The van der Waals surface area contributed by atoms with Crippen molar-refractivity contribution in [1.82, 2.24) is 10.2 Å². The van der Waals surface area contributed by atoms with Crippen LogP contribution in [0.3, 0.4) is 0 Å². The van der Waals surface area contributed by atoms with E-state index in [1.807, 2.05) is 30.3 Å². The molecule has 0 saturated heterocycles. The second kappa shape index (κ2) is 8.32. The van der Waals surface area contributed by atoms with E-state index in [1.54, 1.807) is 24.3 Å². The van der Waals surface area contributed by atoms with Crippen LogP contribution in [-0.2, 0) is 9.53 Å². The van der Waals surface area contributed by atoms with E-state index in [0.29, 0.717) is 21.4 Å². The maximum Gasteiger partial charge on any atom is 0.259 e. The third kappa shape index (κ3) is 4.29. The quantitative estimate of drug-likeness (QED) is 0.697. The van der Waals surface area contributed by atoms with Gasteiger partial charge in [0.25, 0.3) is 5.91 Å². The Hall–Kier alpha value is -3.10. The number of rotatable bonds is 6. The van der Waals surface area contributed by atoms with Crippen molar-refractivity contribution in [2.45, 2.75) is 0 Å². The molecule has 0 radical (unpaired) electrons. The lowest BCUT2D eigenvalue weighted by molar-refractivity contribution is -0.119. The van der Waals surface area contributed by atoms with Gasteiger partial charge < -0.3 is 10.1 Å². The number of anilines is 2. The lowest BCUT2D eigenvalue weighted by Crippen LogP contribution is -2.20. The molecule has 0 fully saturated rings. The molecular formula is C18H16N4O3S. The first kappa shape index (κ1) is 17.7. The van der Waals surface area contributed by atoms with Gasteiger partial charge in [-0.1, -0.05) is 53.8 Å². The normalized spacial score (nSPS) is 10.3. The first-order valence-electron chi connectivity index (χ1n) is 7.75. The number of nitrogens with one attached hydrogen (secondary N) is 2. The SMILES string of the molecule is COCC(=O)Nc1ccccc1C(=O)Nc1nnc(-c2ccccc2)s1. The van der Waals surface area contributed by atoms with Crippen LogP contribution in [0.5, 0.6) is 0 Å². The van der Waals surface area contributed by atoms with Gasteiger partial charge in [-0.2, -0.15) is 0 Å². The molecule has 26 heavy (non-hydrogen) atoms. The molecule has 0 atom stereocenters. The summed E-state index contributed by atoms with van der Waals surface area (Å²) < 4.78 is 4.79. The highest BCUT2D eigenvalue weighted by atomic mass is 32.1. The molecule has 2 aromatic carbocycles. The summed E-state index contributed by atoms with van der Waals surface area (Å²) in [6.07, 6.45) is 0. The van der Waals surface area contributed by atoms with E-state index in [-0.39, 0.29) is 18.4 Å². The van der Waals surface area contributed by atoms with Gasteiger partial charge in [0.1, 0.15) is 11.6 Å². The van der Waals surface area contributed by atoms with Crippen LogP contribution in [0.4, 0.5) is 10.8 Å². The highest BCUT2D eigenvalue weighted by Crippen LogP contribution is 2.26. The van der Waals surface area contributed by atoms with Crippen molar-refractivity contribution in [2.75, 3.05) is 24.4 Å². The average molecular weight is 368 g/mol. The molecule has 0 bridgehead atoms. The fraction of sp³-hybridized carbons (Fsp3) is 0.111. The molecule has 1 aromatic heterocycles. The molecule has 132 valence electrons. The zero-order chi connectivity index (χ0) is 18.4. The van der Waals surface area contributed by atoms with E-state index in [2.05, 4.69) is 20.8 Å². The van der Waals surface area contributed by atoms with Crippen LogP contribution in [0.2, 0.25) is 0 Å². The Morgan fingerprint density at radius 1 is 1.00 bits per heavy atom. The van der Waals surface area contributed by atoms with Crippen LogP contribution in [0.15, 0.2) is 54.6 Å². The minimum atomic E-state index is -0.380. The number of aromatic nitrogens is 2. The standard InChI is InChI=1S/C18H16N4O3S/c1-25-11-15(23)19-14-10-6-5-9-13(14)16(24)20-18-22-21-17(26-18)12-7-3-2-4-8-12/h2-10H,11H2,1H3,(H,19,23)(H,20,22,24). The molecule has 7 nitrogen and oxygen atoms in total. The number of para-hydroxylation sites is 1. The summed E-state index contributed by atoms with van der Waals surface area (Å²) in [5.41, 5.74) is 1.66. The topological polar surface area (TPSA) is 93.2 Å². The van der Waals surface area contributed by atoms with Crippen molar-refractivity contribution in [3.8, 4) is 10.6 Å². The number of hydrogen-bond acceptors (Lipinski definition) is 6. The Balaban J connectivity index is 1.75. The minimum absolute atomic E-state index is 0.0905. The van der Waals surface area contributed by atoms with Crippen LogP contribution in [0.25, 0.3) is 10.6 Å². The van der Waals surface area contributed by atoms with E-state index in [9.17, 15) is 9.59 Å². The van der Waals surface area contributed by atoms with Crippen LogP contribution < -0.4 is 10.6 Å². The van der Waals surface area contributed by atoms with Gasteiger partial charge in [0, 0.05) is 12.7 Å². The van der Waals surface area contributed by atoms with Crippen LogP contribution in [-0.4, -0.2) is 35.7 Å². The predicted molar refractivity (Wildman–Crippen MR) is 100 cm³/mol. The molecule has 8 heteroatoms. The van der Waals surface area contributed by atoms with Crippen molar-refractivity contribution >= 4 is 34.0 Å². The van der Waals surface area contributed by atoms with Gasteiger partial charge in [0.05, 0.1) is 11.3 Å². The Morgan fingerprint density at radius 3 is 2.50 bits per heavy atom. The number of nitrogens with zero attached hydrogens (tertiary/aromatic N) is 2. The van der Waals surface area contributed by atoms with Crippen molar-refractivity contribution in [2.24, 2.45) is 0 Å². The fourth-order valence-electron chi connectivity index (χ4n) is 2.24. The van der Waals surface area contributed by atoms with Gasteiger partial charge in [0.2, 0.25) is 11.0 Å². The first-order valence-corrected chi connectivity index (χ1v) is 8.57. The second-order valence-corrected chi connectivity index (χ2v) is 6.24. The highest BCUT2D eigenvalue weighted by Gasteiger charge is 2.15. The van der Waals surface area contributed by atoms with Crippen molar-refractivity contribution in [3.05, 3.63) is 60.2 Å². The summed E-state index contributed by atoms with van der Waals surface area (Å²) in [5, 5.41) is 14.6. The van der Waals surface area contributed by atoms with Gasteiger partial charge in [-0.3, -0.25) is 14.9 Å².